The van der Waals surface area contributed by atoms with Gasteiger partial charge in [0.05, 0.1) is 17.6 Å². The number of anilines is 1. The minimum atomic E-state index is -0.446. The second kappa shape index (κ2) is 6.84. The Hall–Kier alpha value is -3.41. The smallest absolute Gasteiger partial charge is 0.270 e. The van der Waals surface area contributed by atoms with E-state index in [9.17, 15) is 14.9 Å². The van der Waals surface area contributed by atoms with Gasteiger partial charge in [-0.05, 0) is 47.9 Å². The molecule has 3 rings (SSSR count). The van der Waals surface area contributed by atoms with E-state index in [1.807, 2.05) is 30.3 Å². The molecule has 1 N–H and O–H groups in total. The van der Waals surface area contributed by atoms with Crippen molar-refractivity contribution < 1.29 is 14.5 Å². The van der Waals surface area contributed by atoms with E-state index >= 15 is 0 Å². The molecule has 0 aliphatic carbocycles. The van der Waals surface area contributed by atoms with E-state index in [4.69, 9.17) is 4.74 Å². The number of rotatable bonds is 4. The Morgan fingerprint density at radius 2 is 1.62 bits per heavy atom. The number of hydrogen-bond donors (Lipinski definition) is 1. The second-order valence-electron chi connectivity index (χ2n) is 6.07. The number of fused-ring (bicyclic) bond motifs is 1. The van der Waals surface area contributed by atoms with Crippen LogP contribution >= 0.6 is 0 Å². The quantitative estimate of drug-likeness (QED) is 0.549. The first-order valence-corrected chi connectivity index (χ1v) is 8.04. The molecule has 0 heterocycles. The second-order valence-corrected chi connectivity index (χ2v) is 6.07. The van der Waals surface area contributed by atoms with Crippen LogP contribution in [0, 0.1) is 24.0 Å². The van der Waals surface area contributed by atoms with E-state index in [1.54, 1.807) is 19.9 Å². The number of hydrogen-bond acceptors (Lipinski definition) is 4. The molecular formula is C20H18N2O4. The molecule has 3 aromatic rings. The summed E-state index contributed by atoms with van der Waals surface area (Å²) in [6.07, 6.45) is 0. The van der Waals surface area contributed by atoms with Crippen molar-refractivity contribution in [3.63, 3.8) is 0 Å². The van der Waals surface area contributed by atoms with Crippen molar-refractivity contribution in [1.29, 1.82) is 0 Å². The maximum absolute atomic E-state index is 12.8. The number of ether oxygens (including phenoxy) is 1. The van der Waals surface area contributed by atoms with Crippen molar-refractivity contribution in [3.05, 3.63) is 75.3 Å². The summed E-state index contributed by atoms with van der Waals surface area (Å²) in [5, 5.41) is 15.7. The number of nitro benzene ring substituents is 1. The predicted octanol–water partition coefficient (Wildman–Crippen LogP) is 4.63. The Morgan fingerprint density at radius 1 is 1.04 bits per heavy atom. The van der Waals surface area contributed by atoms with Gasteiger partial charge >= 0.3 is 0 Å². The van der Waals surface area contributed by atoms with Gasteiger partial charge in [0.15, 0.2) is 0 Å². The lowest BCUT2D eigenvalue weighted by atomic mass is 10.0. The predicted molar refractivity (Wildman–Crippen MR) is 101 cm³/mol. The first-order chi connectivity index (χ1) is 12.4. The SMILES string of the molecule is COc1cc2ccccc2cc1C(=O)Nc1c(C)cc([N+](=O)[O-])cc1C. The average Bonchev–Trinajstić information content (AvgIpc) is 2.63. The van der Waals surface area contributed by atoms with Crippen LogP contribution in [0.2, 0.25) is 0 Å². The van der Waals surface area contributed by atoms with Crippen molar-refractivity contribution in [2.45, 2.75) is 13.8 Å². The monoisotopic (exact) mass is 350 g/mol. The van der Waals surface area contributed by atoms with Crippen LogP contribution in [0.3, 0.4) is 0 Å². The van der Waals surface area contributed by atoms with Crippen molar-refractivity contribution in [1.82, 2.24) is 0 Å². The minimum Gasteiger partial charge on any atom is -0.496 e. The van der Waals surface area contributed by atoms with Gasteiger partial charge in [0.25, 0.3) is 11.6 Å². The van der Waals surface area contributed by atoms with Crippen LogP contribution in [0.15, 0.2) is 48.5 Å². The molecule has 1 amide bonds. The van der Waals surface area contributed by atoms with Gasteiger partial charge in [0.2, 0.25) is 0 Å². The third kappa shape index (κ3) is 3.21. The Balaban J connectivity index is 2.01. The van der Waals surface area contributed by atoms with Crippen molar-refractivity contribution in [3.8, 4) is 5.75 Å². The Kier molecular flexibility index (Phi) is 4.58. The number of carbonyl (C=O) groups is 1. The van der Waals surface area contributed by atoms with Crippen LogP contribution in [0.1, 0.15) is 21.5 Å². The molecule has 0 spiro atoms. The van der Waals surface area contributed by atoms with Crippen molar-refractivity contribution >= 4 is 28.1 Å². The number of carbonyl (C=O) groups excluding carboxylic acids is 1. The molecule has 0 aromatic heterocycles. The zero-order chi connectivity index (χ0) is 18.8. The number of amides is 1. The highest BCUT2D eigenvalue weighted by atomic mass is 16.6. The summed E-state index contributed by atoms with van der Waals surface area (Å²) in [6.45, 7) is 3.46. The molecule has 0 bridgehead atoms. The van der Waals surface area contributed by atoms with Gasteiger partial charge in [0.1, 0.15) is 5.75 Å². The molecule has 3 aromatic carbocycles. The fourth-order valence-corrected chi connectivity index (χ4v) is 2.99. The maximum Gasteiger partial charge on any atom is 0.270 e. The van der Waals surface area contributed by atoms with Gasteiger partial charge in [-0.25, -0.2) is 0 Å². The number of nitrogens with one attached hydrogen (secondary N) is 1. The first-order valence-electron chi connectivity index (χ1n) is 8.04. The molecule has 132 valence electrons. The molecule has 0 aliphatic rings. The zero-order valence-corrected chi connectivity index (χ0v) is 14.7. The normalized spacial score (nSPS) is 10.6. The van der Waals surface area contributed by atoms with Gasteiger partial charge in [-0.2, -0.15) is 0 Å². The fourth-order valence-electron chi connectivity index (χ4n) is 2.99. The summed E-state index contributed by atoms with van der Waals surface area (Å²) in [4.78, 5) is 23.4. The first kappa shape index (κ1) is 17.4. The average molecular weight is 350 g/mol. The molecule has 6 heteroatoms. The summed E-state index contributed by atoms with van der Waals surface area (Å²) >= 11 is 0. The molecule has 6 nitrogen and oxygen atoms in total. The van der Waals surface area contributed by atoms with E-state index in [0.29, 0.717) is 28.1 Å². The largest absolute Gasteiger partial charge is 0.496 e. The number of benzene rings is 3. The van der Waals surface area contributed by atoms with E-state index in [0.717, 1.165) is 10.8 Å². The Labute approximate surface area is 150 Å². The summed E-state index contributed by atoms with van der Waals surface area (Å²) in [5.74, 6) is 0.145. The molecule has 26 heavy (non-hydrogen) atoms. The van der Waals surface area contributed by atoms with Crippen LogP contribution in [0.5, 0.6) is 5.75 Å². The van der Waals surface area contributed by atoms with E-state index in [2.05, 4.69) is 5.32 Å². The summed E-state index contributed by atoms with van der Waals surface area (Å²) in [6, 6.07) is 14.2. The standard InChI is InChI=1S/C20H18N2O4/c1-12-8-16(22(24)25)9-13(2)19(12)21-20(23)17-10-14-6-4-5-7-15(14)11-18(17)26-3/h4-11H,1-3H3,(H,21,23). The number of nitrogens with zero attached hydrogens (tertiary/aromatic N) is 1. The van der Waals surface area contributed by atoms with Crippen LogP contribution in [0.4, 0.5) is 11.4 Å². The third-order valence-corrected chi connectivity index (χ3v) is 4.28. The molecule has 0 unspecified atom stereocenters. The highest BCUT2D eigenvalue weighted by molar-refractivity contribution is 6.09. The molecule has 0 fully saturated rings. The van der Waals surface area contributed by atoms with Gasteiger partial charge in [-0.1, -0.05) is 24.3 Å². The Morgan fingerprint density at radius 3 is 2.15 bits per heavy atom. The summed E-state index contributed by atoms with van der Waals surface area (Å²) < 4.78 is 5.37. The minimum absolute atomic E-state index is 0.00119. The van der Waals surface area contributed by atoms with Gasteiger partial charge < -0.3 is 10.1 Å². The maximum atomic E-state index is 12.8. The van der Waals surface area contributed by atoms with Crippen molar-refractivity contribution in [2.24, 2.45) is 0 Å². The van der Waals surface area contributed by atoms with Crippen LogP contribution in [0.25, 0.3) is 10.8 Å². The molecule has 0 saturated carbocycles. The van der Waals surface area contributed by atoms with Crippen molar-refractivity contribution in [2.75, 3.05) is 12.4 Å². The van der Waals surface area contributed by atoms with Crippen LogP contribution in [-0.2, 0) is 0 Å². The zero-order valence-electron chi connectivity index (χ0n) is 14.7. The summed E-state index contributed by atoms with van der Waals surface area (Å²) in [7, 11) is 1.52. The van der Waals surface area contributed by atoms with E-state index < -0.39 is 4.92 Å². The van der Waals surface area contributed by atoms with Gasteiger partial charge in [-0.15, -0.1) is 0 Å². The number of aryl methyl sites for hydroxylation is 2. The lowest BCUT2D eigenvalue weighted by Gasteiger charge is -2.14. The molecule has 0 radical (unpaired) electrons. The highest BCUT2D eigenvalue weighted by Gasteiger charge is 2.18. The third-order valence-electron chi connectivity index (χ3n) is 4.28. The number of non-ortho nitro benzene ring substituents is 1. The lowest BCUT2D eigenvalue weighted by molar-refractivity contribution is -0.384. The van der Waals surface area contributed by atoms with Gasteiger partial charge in [-0.3, -0.25) is 14.9 Å². The van der Waals surface area contributed by atoms with E-state index in [-0.39, 0.29) is 11.6 Å². The number of nitro groups is 1. The fraction of sp³-hybridized carbons (Fsp3) is 0.150. The van der Waals surface area contributed by atoms with Gasteiger partial charge in [0, 0.05) is 17.8 Å². The highest BCUT2D eigenvalue weighted by Crippen LogP contribution is 2.30. The Bertz CT molecular complexity index is 1000. The molecule has 0 atom stereocenters. The lowest BCUT2D eigenvalue weighted by Crippen LogP contribution is -2.15. The van der Waals surface area contributed by atoms with Crippen LogP contribution < -0.4 is 10.1 Å². The number of methoxy groups -OCH3 is 1. The molecular weight excluding hydrogens is 332 g/mol. The molecule has 0 saturated heterocycles. The topological polar surface area (TPSA) is 81.5 Å². The molecule has 0 aliphatic heterocycles. The van der Waals surface area contributed by atoms with E-state index in [1.165, 1.54) is 19.2 Å². The summed E-state index contributed by atoms with van der Waals surface area (Å²) in [5.41, 5.74) is 2.23. The van der Waals surface area contributed by atoms with Crippen LogP contribution in [-0.4, -0.2) is 17.9 Å².